The number of rotatable bonds is 10. The number of methoxy groups -OCH3 is 1. The molecule has 0 bridgehead atoms. The van der Waals surface area contributed by atoms with E-state index < -0.39 is 61.5 Å². The average Bonchev–Trinajstić information content (AvgIpc) is 2.83. The Kier molecular flexibility index (Phi) is 10.9. The molecule has 5 atom stereocenters. The number of hydrogen-bond acceptors (Lipinski definition) is 11. The van der Waals surface area contributed by atoms with Gasteiger partial charge in [0.2, 0.25) is 0 Å². The van der Waals surface area contributed by atoms with E-state index >= 15 is 0 Å². The van der Waals surface area contributed by atoms with Crippen molar-refractivity contribution in [1.82, 2.24) is 0 Å². The molecule has 1 heterocycles. The molecule has 2 rings (SSSR count). The van der Waals surface area contributed by atoms with Crippen molar-refractivity contribution in [3.8, 4) is 0 Å². The van der Waals surface area contributed by atoms with Crippen molar-refractivity contribution in [3.63, 3.8) is 0 Å². The molecule has 13 heteroatoms. The molecule has 0 aliphatic carbocycles. The van der Waals surface area contributed by atoms with Crippen LogP contribution < -0.4 is 5.32 Å². The lowest BCUT2D eigenvalue weighted by atomic mass is 9.98. The Bertz CT molecular complexity index is 896. The maximum absolute atomic E-state index is 13.4. The first-order valence-electron chi connectivity index (χ1n) is 10.2. The van der Waals surface area contributed by atoms with Crippen LogP contribution >= 0.6 is 0 Å². The fraction of sp³-hybridized carbons (Fsp3) is 0.409. The lowest BCUT2D eigenvalue weighted by Gasteiger charge is -2.43. The molecule has 12 nitrogen and oxygen atoms in total. The molecule has 0 radical (unpaired) electrons. The number of aliphatic hydroxyl groups is 1. The number of carbonyl (C=O) groups excluding carboxylic acids is 3. The van der Waals surface area contributed by atoms with E-state index in [0.717, 1.165) is 6.07 Å². The van der Waals surface area contributed by atoms with Crippen LogP contribution in [0.3, 0.4) is 0 Å². The van der Waals surface area contributed by atoms with Crippen molar-refractivity contribution in [3.05, 3.63) is 55.4 Å². The molecule has 0 spiro atoms. The molecule has 1 fully saturated rings. The fourth-order valence-corrected chi connectivity index (χ4v) is 3.00. The Hall–Kier alpha value is -3.68. The van der Waals surface area contributed by atoms with Crippen molar-refractivity contribution in [2.75, 3.05) is 32.2 Å². The van der Waals surface area contributed by atoms with Gasteiger partial charge in [0.1, 0.15) is 25.1 Å². The third kappa shape index (κ3) is 8.24. The van der Waals surface area contributed by atoms with Crippen LogP contribution in [0.4, 0.5) is 24.5 Å². The second-order valence-corrected chi connectivity index (χ2v) is 6.83. The molecule has 0 unspecified atom stereocenters. The van der Waals surface area contributed by atoms with Gasteiger partial charge in [0.05, 0.1) is 6.61 Å². The maximum atomic E-state index is 13.4. The molecule has 1 saturated heterocycles. The van der Waals surface area contributed by atoms with E-state index in [9.17, 15) is 23.9 Å². The summed E-state index contributed by atoms with van der Waals surface area (Å²) in [6.45, 7) is 5.70. The predicted octanol–water partition coefficient (Wildman–Crippen LogP) is 2.52. The molecule has 0 aromatic heterocycles. The minimum Gasteiger partial charge on any atom is -0.439 e. The second kappa shape index (κ2) is 13.9. The number of aliphatic hydroxyl groups excluding tert-OH is 1. The van der Waals surface area contributed by atoms with E-state index in [1.54, 1.807) is 0 Å². The zero-order valence-electron chi connectivity index (χ0n) is 18.8. The van der Waals surface area contributed by atoms with Gasteiger partial charge in [-0.15, -0.1) is 0 Å². The molecule has 1 aliphatic heterocycles. The molecular weight excluding hydrogens is 473 g/mol. The molecule has 1 aromatic carbocycles. The lowest BCUT2D eigenvalue weighted by Crippen LogP contribution is -2.63. The highest BCUT2D eigenvalue weighted by Gasteiger charge is 2.53. The van der Waals surface area contributed by atoms with Gasteiger partial charge in [-0.05, 0) is 18.2 Å². The van der Waals surface area contributed by atoms with Gasteiger partial charge < -0.3 is 38.3 Å². The molecule has 2 N–H and O–H groups in total. The molecule has 1 amide bonds. The smallest absolute Gasteiger partial charge is 0.439 e. The Morgan fingerprint density at radius 2 is 1.69 bits per heavy atom. The van der Waals surface area contributed by atoms with E-state index in [2.05, 4.69) is 18.5 Å². The first-order chi connectivity index (χ1) is 16.8. The summed E-state index contributed by atoms with van der Waals surface area (Å²) in [6.07, 6.45) is -8.27. The molecule has 1 aliphatic rings. The third-order valence-electron chi connectivity index (χ3n) is 4.42. The normalized spacial score (nSPS) is 23.3. The second-order valence-electron chi connectivity index (χ2n) is 6.83. The summed E-state index contributed by atoms with van der Waals surface area (Å²) in [5.74, 6) is -0.613. The van der Waals surface area contributed by atoms with Crippen molar-refractivity contribution in [2.45, 2.75) is 30.7 Å². The van der Waals surface area contributed by atoms with Crippen LogP contribution in [-0.2, 0) is 33.2 Å². The monoisotopic (exact) mass is 499 g/mol. The van der Waals surface area contributed by atoms with E-state index in [4.69, 9.17) is 33.2 Å². The van der Waals surface area contributed by atoms with E-state index in [1.807, 2.05) is 0 Å². The minimum atomic E-state index is -1.59. The Labute approximate surface area is 200 Å². The zero-order chi connectivity index (χ0) is 25.8. The van der Waals surface area contributed by atoms with Gasteiger partial charge in [-0.2, -0.15) is 0 Å². The number of nitrogens with one attached hydrogen (secondary N) is 1. The van der Waals surface area contributed by atoms with Crippen molar-refractivity contribution >= 4 is 24.1 Å². The van der Waals surface area contributed by atoms with Crippen LogP contribution in [-0.4, -0.2) is 81.1 Å². The summed E-state index contributed by atoms with van der Waals surface area (Å²) in [4.78, 5) is 36.8. The van der Waals surface area contributed by atoms with Gasteiger partial charge in [-0.1, -0.05) is 31.4 Å². The van der Waals surface area contributed by atoms with E-state index in [0.29, 0.717) is 0 Å². The van der Waals surface area contributed by atoms with E-state index in [-0.39, 0.29) is 18.9 Å². The average molecular weight is 499 g/mol. The van der Waals surface area contributed by atoms with Crippen molar-refractivity contribution < 1.29 is 57.0 Å². The first-order valence-corrected chi connectivity index (χ1v) is 10.2. The van der Waals surface area contributed by atoms with Gasteiger partial charge in [0.15, 0.2) is 24.6 Å². The topological polar surface area (TPSA) is 148 Å². The van der Waals surface area contributed by atoms with Crippen LogP contribution in [0.2, 0.25) is 0 Å². The Morgan fingerprint density at radius 3 is 2.23 bits per heavy atom. The molecule has 35 heavy (non-hydrogen) atoms. The van der Waals surface area contributed by atoms with Crippen LogP contribution in [0.25, 0.3) is 0 Å². The molecule has 1 aromatic rings. The summed E-state index contributed by atoms with van der Waals surface area (Å²) in [5.41, 5.74) is 0.0608. The lowest BCUT2D eigenvalue weighted by molar-refractivity contribution is -0.295. The summed E-state index contributed by atoms with van der Waals surface area (Å²) in [7, 11) is 1.20. The summed E-state index contributed by atoms with van der Waals surface area (Å²) in [5, 5.41) is 12.1. The standard InChI is InChI=1S/C22H26FNO11/c1-4-9-30-21(27)34-17-16(33-20(26)24-14-8-6-7-13(23)11-14)15(12-25)32-19(29-3)18(17)35-22(28)31-10-5-2/h4-8,11,15-19,25H,1-2,9-10,12H2,3H3,(H,24,26)/t15-,16-,17+,18-,19+/m1/s1. The van der Waals surface area contributed by atoms with Gasteiger partial charge in [0, 0.05) is 12.8 Å². The first kappa shape index (κ1) is 27.6. The summed E-state index contributed by atoms with van der Waals surface area (Å²) < 4.78 is 49.5. The van der Waals surface area contributed by atoms with Crippen LogP contribution in [0.1, 0.15) is 0 Å². The Morgan fingerprint density at radius 1 is 1.06 bits per heavy atom. The van der Waals surface area contributed by atoms with Gasteiger partial charge in [-0.25, -0.2) is 18.8 Å². The molecule has 0 saturated carbocycles. The highest BCUT2D eigenvalue weighted by Crippen LogP contribution is 2.30. The third-order valence-corrected chi connectivity index (χ3v) is 4.42. The molecular formula is C22H26FNO11. The van der Waals surface area contributed by atoms with Crippen LogP contribution in [0, 0.1) is 5.82 Å². The van der Waals surface area contributed by atoms with Crippen molar-refractivity contribution in [1.29, 1.82) is 0 Å². The number of halogens is 1. The van der Waals surface area contributed by atoms with Gasteiger partial charge >= 0.3 is 18.4 Å². The number of ether oxygens (including phenoxy) is 7. The number of hydrogen-bond donors (Lipinski definition) is 2. The maximum Gasteiger partial charge on any atom is 0.509 e. The van der Waals surface area contributed by atoms with Crippen LogP contribution in [0.15, 0.2) is 49.6 Å². The quantitative estimate of drug-likeness (QED) is 0.278. The number of amides is 1. The zero-order valence-corrected chi connectivity index (χ0v) is 18.8. The van der Waals surface area contributed by atoms with Gasteiger partial charge in [0.25, 0.3) is 0 Å². The predicted molar refractivity (Wildman–Crippen MR) is 116 cm³/mol. The van der Waals surface area contributed by atoms with Gasteiger partial charge in [-0.3, -0.25) is 5.32 Å². The minimum absolute atomic E-state index is 0.0608. The summed E-state index contributed by atoms with van der Waals surface area (Å²) >= 11 is 0. The number of carbonyl (C=O) groups is 3. The van der Waals surface area contributed by atoms with E-state index in [1.165, 1.54) is 37.5 Å². The highest BCUT2D eigenvalue weighted by atomic mass is 19.1. The SMILES string of the molecule is C=CCOC(=O)O[C@@H]1[C@@H](OC(=O)OCC=C)[C@@H](OC)O[C@H](CO)[C@H]1OC(=O)Nc1cccc(F)c1. The van der Waals surface area contributed by atoms with Crippen molar-refractivity contribution in [2.24, 2.45) is 0 Å². The number of anilines is 1. The fourth-order valence-electron chi connectivity index (χ4n) is 3.00. The highest BCUT2D eigenvalue weighted by molar-refractivity contribution is 5.84. The Balaban J connectivity index is 2.31. The largest absolute Gasteiger partial charge is 0.509 e. The number of benzene rings is 1. The molecule has 192 valence electrons. The summed E-state index contributed by atoms with van der Waals surface area (Å²) in [6, 6.07) is 4.96. The van der Waals surface area contributed by atoms with Crippen LogP contribution in [0.5, 0.6) is 0 Å².